The average molecular weight is 328 g/mol. The van der Waals surface area contributed by atoms with Gasteiger partial charge in [0.25, 0.3) is 5.56 Å². The molecule has 24 heavy (non-hydrogen) atoms. The lowest BCUT2D eigenvalue weighted by molar-refractivity contribution is 0.371. The van der Waals surface area contributed by atoms with Gasteiger partial charge in [-0.25, -0.2) is 4.98 Å². The quantitative estimate of drug-likeness (QED) is 0.603. The van der Waals surface area contributed by atoms with Crippen molar-refractivity contribution in [3.05, 3.63) is 58.8 Å². The molecule has 10 heteroatoms. The number of rotatable bonds is 4. The molecule has 0 radical (unpaired) electrons. The number of aromatic amines is 1. The fraction of sp³-hybridized carbons (Fsp3) is 0.0714. The van der Waals surface area contributed by atoms with Crippen LogP contribution in [0.5, 0.6) is 0 Å². The highest BCUT2D eigenvalue weighted by Crippen LogP contribution is 2.23. The number of halogens is 1. The molecule has 0 aliphatic heterocycles. The summed E-state index contributed by atoms with van der Waals surface area (Å²) < 4.78 is 24.6. The van der Waals surface area contributed by atoms with Crippen LogP contribution in [0.15, 0.2) is 50.7 Å². The standard InChI is InChI=1S/C14H9FN6O3/c15-9-6-16-13(18-14(9)22)11-5-12(10-2-4-23-20-10)21(19-11)7-8-1-3-17-24-8/h1-6H,7H2,(H,16,18,22). The van der Waals surface area contributed by atoms with E-state index in [0.717, 1.165) is 6.20 Å². The molecule has 0 fully saturated rings. The zero-order valence-corrected chi connectivity index (χ0v) is 12.0. The Morgan fingerprint density at radius 1 is 1.29 bits per heavy atom. The molecular weight excluding hydrogens is 319 g/mol. The lowest BCUT2D eigenvalue weighted by Crippen LogP contribution is -2.12. The van der Waals surface area contributed by atoms with Gasteiger partial charge in [0.15, 0.2) is 11.6 Å². The molecule has 0 amide bonds. The van der Waals surface area contributed by atoms with Crippen LogP contribution in [0.3, 0.4) is 0 Å². The third kappa shape index (κ3) is 2.49. The number of aromatic nitrogens is 6. The highest BCUT2D eigenvalue weighted by molar-refractivity contribution is 5.62. The van der Waals surface area contributed by atoms with Gasteiger partial charge in [0.1, 0.15) is 24.2 Å². The zero-order chi connectivity index (χ0) is 16.5. The largest absolute Gasteiger partial charge is 0.364 e. The van der Waals surface area contributed by atoms with Gasteiger partial charge in [0.2, 0.25) is 5.82 Å². The second-order valence-electron chi connectivity index (χ2n) is 4.84. The Morgan fingerprint density at radius 2 is 2.21 bits per heavy atom. The molecule has 9 nitrogen and oxygen atoms in total. The van der Waals surface area contributed by atoms with Gasteiger partial charge in [-0.3, -0.25) is 9.48 Å². The Bertz CT molecular complexity index is 1020. The molecule has 0 spiro atoms. The molecule has 0 atom stereocenters. The fourth-order valence-electron chi connectivity index (χ4n) is 2.18. The number of nitrogens with zero attached hydrogens (tertiary/aromatic N) is 5. The van der Waals surface area contributed by atoms with Gasteiger partial charge in [-0.05, 0) is 6.07 Å². The molecule has 0 aliphatic carbocycles. The minimum absolute atomic E-state index is 0.141. The summed E-state index contributed by atoms with van der Waals surface area (Å²) >= 11 is 0. The molecule has 4 aromatic rings. The molecular formula is C14H9FN6O3. The Kier molecular flexibility index (Phi) is 3.26. The van der Waals surface area contributed by atoms with Gasteiger partial charge < -0.3 is 14.0 Å². The van der Waals surface area contributed by atoms with Crippen molar-refractivity contribution in [2.45, 2.75) is 6.54 Å². The third-order valence-corrected chi connectivity index (χ3v) is 3.28. The van der Waals surface area contributed by atoms with E-state index in [1.807, 2.05) is 0 Å². The predicted octanol–water partition coefficient (Wildman–Crippen LogP) is 1.46. The number of H-pyrrole nitrogens is 1. The molecule has 1 N–H and O–H groups in total. The Labute approximate surface area is 132 Å². The van der Waals surface area contributed by atoms with Gasteiger partial charge in [0.05, 0.1) is 18.1 Å². The number of nitrogens with one attached hydrogen (secondary N) is 1. The van der Waals surface area contributed by atoms with Gasteiger partial charge in [0, 0.05) is 12.1 Å². The molecule has 0 bridgehead atoms. The first-order valence-electron chi connectivity index (χ1n) is 6.84. The van der Waals surface area contributed by atoms with Crippen molar-refractivity contribution in [3.63, 3.8) is 0 Å². The first-order chi connectivity index (χ1) is 11.7. The normalized spacial score (nSPS) is 11.0. The topological polar surface area (TPSA) is 116 Å². The van der Waals surface area contributed by atoms with E-state index in [2.05, 4.69) is 25.4 Å². The summed E-state index contributed by atoms with van der Waals surface area (Å²) in [6.45, 7) is 0.285. The number of hydrogen-bond donors (Lipinski definition) is 1. The first kappa shape index (κ1) is 14.1. The van der Waals surface area contributed by atoms with Crippen molar-refractivity contribution in [1.29, 1.82) is 0 Å². The maximum atomic E-state index is 13.1. The van der Waals surface area contributed by atoms with Crippen molar-refractivity contribution in [2.75, 3.05) is 0 Å². The maximum Gasteiger partial charge on any atom is 0.287 e. The SMILES string of the molecule is O=c1[nH]c(-c2cc(-c3ccon3)n(Cc3ccno3)n2)ncc1F. The van der Waals surface area contributed by atoms with E-state index in [9.17, 15) is 9.18 Å². The zero-order valence-electron chi connectivity index (χ0n) is 12.0. The van der Waals surface area contributed by atoms with E-state index in [1.165, 1.54) is 12.5 Å². The Hall–Kier alpha value is -3.56. The van der Waals surface area contributed by atoms with Crippen LogP contribution in [-0.4, -0.2) is 30.1 Å². The van der Waals surface area contributed by atoms with Gasteiger partial charge in [-0.15, -0.1) is 0 Å². The maximum absolute atomic E-state index is 13.1. The molecule has 0 aliphatic rings. The summed E-state index contributed by atoms with van der Waals surface area (Å²) in [5.41, 5.74) is 0.636. The summed E-state index contributed by atoms with van der Waals surface area (Å²) in [4.78, 5) is 17.6. The van der Waals surface area contributed by atoms with Crippen LogP contribution in [0.1, 0.15) is 5.76 Å². The Morgan fingerprint density at radius 3 is 2.92 bits per heavy atom. The molecule has 0 aromatic carbocycles. The summed E-state index contributed by atoms with van der Waals surface area (Å²) in [6, 6.07) is 5.02. The molecule has 0 saturated heterocycles. The van der Waals surface area contributed by atoms with Crippen LogP contribution in [-0.2, 0) is 6.54 Å². The molecule has 4 aromatic heterocycles. The van der Waals surface area contributed by atoms with Gasteiger partial charge >= 0.3 is 0 Å². The second-order valence-corrected chi connectivity index (χ2v) is 4.84. The molecule has 4 heterocycles. The predicted molar refractivity (Wildman–Crippen MR) is 77.1 cm³/mol. The van der Waals surface area contributed by atoms with Crippen LogP contribution in [0.2, 0.25) is 0 Å². The highest BCUT2D eigenvalue weighted by Gasteiger charge is 2.16. The summed E-state index contributed by atoms with van der Waals surface area (Å²) in [6.07, 6.45) is 3.80. The fourth-order valence-corrected chi connectivity index (χ4v) is 2.18. The Balaban J connectivity index is 1.81. The molecule has 0 unspecified atom stereocenters. The minimum atomic E-state index is -0.962. The van der Waals surface area contributed by atoms with E-state index >= 15 is 0 Å². The van der Waals surface area contributed by atoms with Crippen LogP contribution >= 0.6 is 0 Å². The van der Waals surface area contributed by atoms with E-state index in [0.29, 0.717) is 22.8 Å². The van der Waals surface area contributed by atoms with Crippen LogP contribution < -0.4 is 5.56 Å². The second kappa shape index (κ2) is 5.57. The smallest absolute Gasteiger partial charge is 0.287 e. The van der Waals surface area contributed by atoms with Crippen LogP contribution in [0.4, 0.5) is 4.39 Å². The van der Waals surface area contributed by atoms with Crippen molar-refractivity contribution in [1.82, 2.24) is 30.1 Å². The van der Waals surface area contributed by atoms with E-state index < -0.39 is 11.4 Å². The summed E-state index contributed by atoms with van der Waals surface area (Å²) in [5, 5.41) is 11.9. The van der Waals surface area contributed by atoms with Crippen molar-refractivity contribution >= 4 is 0 Å². The molecule has 120 valence electrons. The molecule has 0 saturated carbocycles. The third-order valence-electron chi connectivity index (χ3n) is 3.28. The van der Waals surface area contributed by atoms with E-state index in [1.54, 1.807) is 22.9 Å². The van der Waals surface area contributed by atoms with Crippen molar-refractivity contribution in [3.8, 4) is 22.9 Å². The van der Waals surface area contributed by atoms with Gasteiger partial charge in [-0.1, -0.05) is 10.3 Å². The average Bonchev–Trinajstić information content (AvgIpc) is 3.31. The number of hydrogen-bond acceptors (Lipinski definition) is 7. The lowest BCUT2D eigenvalue weighted by Gasteiger charge is -2.01. The monoisotopic (exact) mass is 328 g/mol. The van der Waals surface area contributed by atoms with Crippen molar-refractivity contribution in [2.24, 2.45) is 0 Å². The summed E-state index contributed by atoms with van der Waals surface area (Å²) in [7, 11) is 0. The van der Waals surface area contributed by atoms with Crippen molar-refractivity contribution < 1.29 is 13.4 Å². The van der Waals surface area contributed by atoms with E-state index in [4.69, 9.17) is 9.05 Å². The van der Waals surface area contributed by atoms with Gasteiger partial charge in [-0.2, -0.15) is 9.49 Å². The molecule has 4 rings (SSSR count). The lowest BCUT2D eigenvalue weighted by atomic mass is 10.2. The highest BCUT2D eigenvalue weighted by atomic mass is 19.1. The van der Waals surface area contributed by atoms with Crippen LogP contribution in [0, 0.1) is 5.82 Å². The summed E-state index contributed by atoms with van der Waals surface area (Å²) in [5.74, 6) is -0.242. The van der Waals surface area contributed by atoms with Crippen LogP contribution in [0.25, 0.3) is 22.9 Å². The first-order valence-corrected chi connectivity index (χ1v) is 6.84. The minimum Gasteiger partial charge on any atom is -0.364 e. The van der Waals surface area contributed by atoms with E-state index in [-0.39, 0.29) is 12.4 Å².